The second-order valence-corrected chi connectivity index (χ2v) is 5.06. The number of carbonyl (C=O) groups is 1. The molecule has 1 saturated heterocycles. The molecule has 1 unspecified atom stereocenters. The minimum Gasteiger partial charge on any atom is -0.409 e. The van der Waals surface area contributed by atoms with E-state index in [9.17, 15) is 4.79 Å². The summed E-state index contributed by atoms with van der Waals surface area (Å²) in [5.41, 5.74) is 5.55. The summed E-state index contributed by atoms with van der Waals surface area (Å²) >= 11 is 0. The van der Waals surface area contributed by atoms with Crippen LogP contribution < -0.4 is 5.73 Å². The highest BCUT2D eigenvalue weighted by atomic mass is 16.5. The highest BCUT2D eigenvalue weighted by Crippen LogP contribution is 2.26. The van der Waals surface area contributed by atoms with Crippen LogP contribution in [0.5, 0.6) is 0 Å². The molecular formula is C12H21N3O3. The Bertz CT molecular complexity index is 321. The molecule has 102 valence electrons. The standard InChI is InChI=1S/C12H21N3O3/c13-11(14-17)7-15(10-3-1-2-4-10)12(16)9-5-6-18-8-9/h9-10,17H,1-8H2,(H2,13,14). The minimum atomic E-state index is -0.0582. The zero-order valence-electron chi connectivity index (χ0n) is 10.5. The average Bonchev–Trinajstić information content (AvgIpc) is 3.06. The first kappa shape index (κ1) is 13.1. The van der Waals surface area contributed by atoms with Crippen LogP contribution in [0.2, 0.25) is 0 Å². The first-order valence-electron chi connectivity index (χ1n) is 6.57. The molecule has 2 aliphatic rings. The van der Waals surface area contributed by atoms with E-state index >= 15 is 0 Å². The lowest BCUT2D eigenvalue weighted by Crippen LogP contribution is -2.47. The smallest absolute Gasteiger partial charge is 0.228 e. The maximum atomic E-state index is 12.4. The number of amidine groups is 1. The number of nitrogens with zero attached hydrogens (tertiary/aromatic N) is 2. The van der Waals surface area contributed by atoms with Gasteiger partial charge in [0.1, 0.15) is 0 Å². The van der Waals surface area contributed by atoms with Crippen LogP contribution in [0.1, 0.15) is 32.1 Å². The summed E-state index contributed by atoms with van der Waals surface area (Å²) in [5.74, 6) is 0.122. The van der Waals surface area contributed by atoms with Crippen molar-refractivity contribution in [3.63, 3.8) is 0 Å². The molecule has 0 aromatic carbocycles. The average molecular weight is 255 g/mol. The van der Waals surface area contributed by atoms with Gasteiger partial charge in [0.2, 0.25) is 5.91 Å². The van der Waals surface area contributed by atoms with Gasteiger partial charge >= 0.3 is 0 Å². The maximum Gasteiger partial charge on any atom is 0.228 e. The first-order chi connectivity index (χ1) is 8.72. The van der Waals surface area contributed by atoms with Crippen LogP contribution in [-0.4, -0.2) is 47.7 Å². The van der Waals surface area contributed by atoms with Crippen molar-refractivity contribution in [1.82, 2.24) is 4.90 Å². The summed E-state index contributed by atoms with van der Waals surface area (Å²) < 4.78 is 5.26. The molecule has 3 N–H and O–H groups in total. The Hall–Kier alpha value is -1.30. The molecule has 6 nitrogen and oxygen atoms in total. The fourth-order valence-electron chi connectivity index (χ4n) is 2.77. The van der Waals surface area contributed by atoms with Crippen molar-refractivity contribution in [1.29, 1.82) is 0 Å². The number of nitrogens with two attached hydrogens (primary N) is 1. The maximum absolute atomic E-state index is 12.4. The second kappa shape index (κ2) is 6.04. The van der Waals surface area contributed by atoms with Crippen molar-refractivity contribution in [2.45, 2.75) is 38.1 Å². The molecule has 1 aliphatic carbocycles. The Morgan fingerprint density at radius 1 is 1.39 bits per heavy atom. The third-order valence-corrected chi connectivity index (χ3v) is 3.79. The van der Waals surface area contributed by atoms with Gasteiger partial charge in [-0.15, -0.1) is 0 Å². The number of rotatable bonds is 4. The SMILES string of the molecule is NC(CN(C(=O)C1CCOC1)C1CCCC1)=NO. The fraction of sp³-hybridized carbons (Fsp3) is 0.833. The molecule has 18 heavy (non-hydrogen) atoms. The van der Waals surface area contributed by atoms with Crippen LogP contribution >= 0.6 is 0 Å². The van der Waals surface area contributed by atoms with Crippen LogP contribution in [0.3, 0.4) is 0 Å². The van der Waals surface area contributed by atoms with Gasteiger partial charge in [-0.2, -0.15) is 0 Å². The lowest BCUT2D eigenvalue weighted by Gasteiger charge is -2.30. The molecule has 0 spiro atoms. The topological polar surface area (TPSA) is 88.2 Å². The summed E-state index contributed by atoms with van der Waals surface area (Å²) in [7, 11) is 0. The number of oxime groups is 1. The minimum absolute atomic E-state index is 0.0582. The molecule has 2 fully saturated rings. The fourth-order valence-corrected chi connectivity index (χ4v) is 2.77. The summed E-state index contributed by atoms with van der Waals surface area (Å²) in [6, 6.07) is 0.235. The molecular weight excluding hydrogens is 234 g/mol. The van der Waals surface area contributed by atoms with E-state index in [0.717, 1.165) is 32.1 Å². The molecule has 0 radical (unpaired) electrons. The highest BCUT2D eigenvalue weighted by Gasteiger charge is 2.33. The van der Waals surface area contributed by atoms with Gasteiger partial charge in [-0.3, -0.25) is 4.79 Å². The molecule has 0 aromatic heterocycles. The van der Waals surface area contributed by atoms with Crippen molar-refractivity contribution >= 4 is 11.7 Å². The van der Waals surface area contributed by atoms with Crippen LogP contribution in [0.25, 0.3) is 0 Å². The molecule has 1 saturated carbocycles. The van der Waals surface area contributed by atoms with Crippen molar-refractivity contribution in [3.8, 4) is 0 Å². The van der Waals surface area contributed by atoms with Crippen molar-refractivity contribution in [3.05, 3.63) is 0 Å². The Morgan fingerprint density at radius 3 is 2.67 bits per heavy atom. The van der Waals surface area contributed by atoms with Gasteiger partial charge in [0.25, 0.3) is 0 Å². The molecule has 0 aromatic rings. The molecule has 0 bridgehead atoms. The number of hydrogen-bond donors (Lipinski definition) is 2. The largest absolute Gasteiger partial charge is 0.409 e. The van der Waals surface area contributed by atoms with E-state index in [1.54, 1.807) is 4.90 Å². The van der Waals surface area contributed by atoms with Gasteiger partial charge in [0.05, 0.1) is 19.1 Å². The highest BCUT2D eigenvalue weighted by molar-refractivity contribution is 5.88. The van der Waals surface area contributed by atoms with Gasteiger partial charge in [0.15, 0.2) is 5.84 Å². The van der Waals surface area contributed by atoms with E-state index in [0.29, 0.717) is 13.2 Å². The zero-order valence-corrected chi connectivity index (χ0v) is 10.5. The van der Waals surface area contributed by atoms with E-state index in [1.165, 1.54) is 0 Å². The first-order valence-corrected chi connectivity index (χ1v) is 6.57. The molecule has 2 rings (SSSR count). The summed E-state index contributed by atoms with van der Waals surface area (Å²) in [6.07, 6.45) is 5.09. The van der Waals surface area contributed by atoms with Gasteiger partial charge in [-0.05, 0) is 19.3 Å². The monoisotopic (exact) mass is 255 g/mol. The van der Waals surface area contributed by atoms with Gasteiger partial charge < -0.3 is 20.6 Å². The molecule has 6 heteroatoms. The second-order valence-electron chi connectivity index (χ2n) is 5.06. The Labute approximate surface area is 107 Å². The van der Waals surface area contributed by atoms with Gasteiger partial charge in [-0.25, -0.2) is 0 Å². The van der Waals surface area contributed by atoms with Crippen molar-refractivity contribution < 1.29 is 14.7 Å². The van der Waals surface area contributed by atoms with E-state index < -0.39 is 0 Å². The van der Waals surface area contributed by atoms with Crippen molar-refractivity contribution in [2.75, 3.05) is 19.8 Å². The normalized spacial score (nSPS) is 25.6. The third-order valence-electron chi connectivity index (χ3n) is 3.79. The summed E-state index contributed by atoms with van der Waals surface area (Å²) in [6.45, 7) is 1.37. The van der Waals surface area contributed by atoms with Crippen LogP contribution in [-0.2, 0) is 9.53 Å². The quantitative estimate of drug-likeness (QED) is 0.332. The lowest BCUT2D eigenvalue weighted by molar-refractivity contribution is -0.136. The number of ether oxygens (including phenoxy) is 1. The van der Waals surface area contributed by atoms with Crippen molar-refractivity contribution in [2.24, 2.45) is 16.8 Å². The van der Waals surface area contributed by atoms with Crippen LogP contribution in [0.15, 0.2) is 5.16 Å². The predicted octanol–water partition coefficient (Wildman–Crippen LogP) is 0.540. The number of hydrogen-bond acceptors (Lipinski definition) is 4. The van der Waals surface area contributed by atoms with E-state index in [4.69, 9.17) is 15.7 Å². The Kier molecular flexibility index (Phi) is 4.41. The number of amides is 1. The molecule has 1 aliphatic heterocycles. The molecule has 1 amide bonds. The summed E-state index contributed by atoms with van der Waals surface area (Å²) in [4.78, 5) is 14.2. The van der Waals surface area contributed by atoms with E-state index in [-0.39, 0.29) is 30.2 Å². The van der Waals surface area contributed by atoms with Crippen LogP contribution in [0, 0.1) is 5.92 Å². The zero-order chi connectivity index (χ0) is 13.0. The predicted molar refractivity (Wildman–Crippen MR) is 66.3 cm³/mol. The third kappa shape index (κ3) is 2.93. The lowest BCUT2D eigenvalue weighted by atomic mass is 10.1. The van der Waals surface area contributed by atoms with Crippen LogP contribution in [0.4, 0.5) is 0 Å². The number of carbonyl (C=O) groups excluding carboxylic acids is 1. The Morgan fingerprint density at radius 2 is 2.11 bits per heavy atom. The Balaban J connectivity index is 2.04. The van der Waals surface area contributed by atoms with Gasteiger partial charge in [-0.1, -0.05) is 18.0 Å². The molecule has 1 atom stereocenters. The van der Waals surface area contributed by atoms with Gasteiger partial charge in [0, 0.05) is 12.6 Å². The van der Waals surface area contributed by atoms with E-state index in [1.807, 2.05) is 0 Å². The van der Waals surface area contributed by atoms with E-state index in [2.05, 4.69) is 5.16 Å². The molecule has 1 heterocycles. The summed E-state index contributed by atoms with van der Waals surface area (Å²) in [5, 5.41) is 11.7.